The van der Waals surface area contributed by atoms with Crippen molar-refractivity contribution in [2.75, 3.05) is 13.2 Å². The van der Waals surface area contributed by atoms with Gasteiger partial charge in [-0.1, -0.05) is 226 Å². The molecule has 69 heavy (non-hydrogen) atoms. The zero-order valence-electron chi connectivity index (χ0n) is 44.8. The Morgan fingerprint density at radius 3 is 1.01 bits per heavy atom. The van der Waals surface area contributed by atoms with E-state index in [1.54, 1.807) is 0 Å². The second-order valence-corrected chi connectivity index (χ2v) is 18.5. The molecule has 0 aromatic heterocycles. The average molecular weight is 958 g/mol. The van der Waals surface area contributed by atoms with E-state index in [4.69, 9.17) is 14.2 Å². The maximum Gasteiger partial charge on any atom is 0.306 e. The minimum absolute atomic E-state index is 0.108. The Hall–Kier alpha value is -3.93. The first kappa shape index (κ1) is 65.1. The number of hydrogen-bond acceptors (Lipinski definition) is 6. The molecule has 392 valence electrons. The summed E-state index contributed by atoms with van der Waals surface area (Å²) in [7, 11) is 0. The smallest absolute Gasteiger partial charge is 0.306 e. The van der Waals surface area contributed by atoms with Crippen LogP contribution in [0.2, 0.25) is 0 Å². The largest absolute Gasteiger partial charge is 0.462 e. The molecular formula is C63H104O6. The van der Waals surface area contributed by atoms with Gasteiger partial charge in [-0.3, -0.25) is 14.4 Å². The maximum absolute atomic E-state index is 12.8. The van der Waals surface area contributed by atoms with Crippen LogP contribution in [0.3, 0.4) is 0 Å². The van der Waals surface area contributed by atoms with E-state index in [-0.39, 0.29) is 37.5 Å². The molecule has 1 atom stereocenters. The number of ether oxygens (including phenoxy) is 3. The Balaban J connectivity index is 4.50. The fourth-order valence-electron chi connectivity index (χ4n) is 7.50. The molecule has 0 saturated carbocycles. The van der Waals surface area contributed by atoms with Gasteiger partial charge >= 0.3 is 17.9 Å². The fourth-order valence-corrected chi connectivity index (χ4v) is 7.50. The summed E-state index contributed by atoms with van der Waals surface area (Å²) in [6.07, 6.45) is 76.5. The minimum atomic E-state index is -0.816. The molecule has 0 spiro atoms. The van der Waals surface area contributed by atoms with E-state index >= 15 is 0 Å². The van der Waals surface area contributed by atoms with Gasteiger partial charge in [0.1, 0.15) is 13.2 Å². The summed E-state index contributed by atoms with van der Waals surface area (Å²) in [6.45, 7) is 6.41. The fraction of sp³-hybridized carbons (Fsp3) is 0.667. The van der Waals surface area contributed by atoms with Gasteiger partial charge in [0.15, 0.2) is 6.10 Å². The summed E-state index contributed by atoms with van der Waals surface area (Å²) in [4.78, 5) is 38.1. The normalized spacial score (nSPS) is 12.9. The van der Waals surface area contributed by atoms with E-state index in [9.17, 15) is 14.4 Å². The molecule has 6 nitrogen and oxygen atoms in total. The van der Waals surface area contributed by atoms with Crippen LogP contribution in [0.5, 0.6) is 0 Å². The summed E-state index contributed by atoms with van der Waals surface area (Å²) in [5.41, 5.74) is 0. The molecule has 0 aliphatic heterocycles. The first-order valence-electron chi connectivity index (χ1n) is 28.4. The summed E-state index contributed by atoms with van der Waals surface area (Å²) in [6, 6.07) is 0. The Kier molecular flexibility index (Phi) is 53.4. The highest BCUT2D eigenvalue weighted by Crippen LogP contribution is 2.14. The lowest BCUT2D eigenvalue weighted by Gasteiger charge is -2.18. The van der Waals surface area contributed by atoms with E-state index in [0.717, 1.165) is 96.3 Å². The first-order chi connectivity index (χ1) is 34.0. The van der Waals surface area contributed by atoms with Gasteiger partial charge in [-0.15, -0.1) is 0 Å². The molecule has 1 unspecified atom stereocenters. The molecule has 0 fully saturated rings. The lowest BCUT2D eigenvalue weighted by molar-refractivity contribution is -0.167. The molecule has 0 aromatic carbocycles. The average Bonchev–Trinajstić information content (AvgIpc) is 3.35. The van der Waals surface area contributed by atoms with Crippen molar-refractivity contribution in [1.29, 1.82) is 0 Å². The minimum Gasteiger partial charge on any atom is -0.462 e. The van der Waals surface area contributed by atoms with Crippen LogP contribution in [0, 0.1) is 0 Å². The molecule has 0 aromatic rings. The lowest BCUT2D eigenvalue weighted by atomic mass is 10.1. The second-order valence-electron chi connectivity index (χ2n) is 18.5. The Labute approximate surface area is 425 Å². The number of allylic oxidation sites excluding steroid dienone is 18. The number of rotatable bonds is 50. The third-order valence-electron chi connectivity index (χ3n) is 11.8. The van der Waals surface area contributed by atoms with E-state index in [2.05, 4.69) is 130 Å². The molecule has 0 heterocycles. The van der Waals surface area contributed by atoms with Crippen molar-refractivity contribution in [2.45, 2.75) is 258 Å². The highest BCUT2D eigenvalue weighted by Gasteiger charge is 2.19. The van der Waals surface area contributed by atoms with Crippen LogP contribution in [0.4, 0.5) is 0 Å². The van der Waals surface area contributed by atoms with E-state index in [0.29, 0.717) is 19.3 Å². The van der Waals surface area contributed by atoms with E-state index in [1.165, 1.54) is 109 Å². The van der Waals surface area contributed by atoms with Gasteiger partial charge < -0.3 is 14.2 Å². The Bertz CT molecular complexity index is 1420. The van der Waals surface area contributed by atoms with Gasteiger partial charge in [0.05, 0.1) is 0 Å². The molecule has 0 N–H and O–H groups in total. The van der Waals surface area contributed by atoms with Crippen molar-refractivity contribution in [3.8, 4) is 0 Å². The molecule has 6 heteroatoms. The van der Waals surface area contributed by atoms with Crippen LogP contribution in [0.15, 0.2) is 109 Å². The van der Waals surface area contributed by atoms with Crippen molar-refractivity contribution in [2.24, 2.45) is 0 Å². The zero-order valence-corrected chi connectivity index (χ0v) is 44.8. The van der Waals surface area contributed by atoms with Crippen LogP contribution >= 0.6 is 0 Å². The van der Waals surface area contributed by atoms with Crippen LogP contribution in [-0.4, -0.2) is 37.2 Å². The molecular weight excluding hydrogens is 853 g/mol. The number of carbonyl (C=O) groups is 3. The third-order valence-corrected chi connectivity index (χ3v) is 11.8. The van der Waals surface area contributed by atoms with E-state index in [1.807, 2.05) is 0 Å². The second kappa shape index (κ2) is 56.7. The van der Waals surface area contributed by atoms with Crippen LogP contribution < -0.4 is 0 Å². The predicted molar refractivity (Wildman–Crippen MR) is 297 cm³/mol. The number of carbonyl (C=O) groups excluding carboxylic acids is 3. The molecule has 0 amide bonds. The summed E-state index contributed by atoms with van der Waals surface area (Å²) in [5.74, 6) is -0.982. The predicted octanol–water partition coefficient (Wildman–Crippen LogP) is 19.1. The highest BCUT2D eigenvalue weighted by molar-refractivity contribution is 5.71. The number of hydrogen-bond donors (Lipinski definition) is 0. The van der Waals surface area contributed by atoms with Crippen molar-refractivity contribution in [1.82, 2.24) is 0 Å². The van der Waals surface area contributed by atoms with Crippen molar-refractivity contribution >= 4 is 17.9 Å². The molecule has 0 saturated heterocycles. The third kappa shape index (κ3) is 54.9. The SMILES string of the molecule is CC/C=C\C/C=C\C/C=C\CCCCCCCCCCCC(=O)OCC(COC(=O)CCCCCCCC/C=C\C=C/CCCCC)OC(=O)CCC/C=C\C/C=C\C/C=C\C/C=C\CCCCC. The summed E-state index contributed by atoms with van der Waals surface area (Å²) < 4.78 is 16.8. The quantitative estimate of drug-likeness (QED) is 0.0199. The first-order valence-corrected chi connectivity index (χ1v) is 28.4. The van der Waals surface area contributed by atoms with Crippen molar-refractivity contribution in [3.05, 3.63) is 109 Å². The van der Waals surface area contributed by atoms with Gasteiger partial charge in [0.25, 0.3) is 0 Å². The van der Waals surface area contributed by atoms with Crippen LogP contribution in [0.25, 0.3) is 0 Å². The molecule has 0 bridgehead atoms. The molecule has 0 aliphatic rings. The van der Waals surface area contributed by atoms with Gasteiger partial charge in [0, 0.05) is 19.3 Å². The van der Waals surface area contributed by atoms with Crippen LogP contribution in [-0.2, 0) is 28.6 Å². The zero-order chi connectivity index (χ0) is 50.0. The van der Waals surface area contributed by atoms with Gasteiger partial charge in [-0.05, 0) is 116 Å². The Morgan fingerprint density at radius 1 is 0.319 bits per heavy atom. The van der Waals surface area contributed by atoms with Crippen molar-refractivity contribution in [3.63, 3.8) is 0 Å². The number of unbranched alkanes of at least 4 members (excludes halogenated alkanes) is 22. The van der Waals surface area contributed by atoms with Crippen molar-refractivity contribution < 1.29 is 28.6 Å². The topological polar surface area (TPSA) is 78.9 Å². The van der Waals surface area contributed by atoms with Gasteiger partial charge in [-0.25, -0.2) is 0 Å². The number of esters is 3. The maximum atomic E-state index is 12.8. The Morgan fingerprint density at radius 2 is 0.623 bits per heavy atom. The van der Waals surface area contributed by atoms with E-state index < -0.39 is 6.10 Å². The standard InChI is InChI=1S/C63H104O6/c1-4-7-10-13-16-19-22-25-28-30-31-33-35-38-41-44-47-50-53-56-62(65)68-59-60(58-67-61(64)55-52-49-46-43-40-37-34-27-24-21-18-15-12-9-6-3)69-63(66)57-54-51-48-45-42-39-36-32-29-26-23-20-17-14-11-8-5-2/h7,10,16-21,24-29,36,39,45,48,60H,4-6,8-9,11-15,22-23,30-35,37-38,40-44,46-47,49-59H2,1-3H3/b10-7-,19-16-,20-17-,21-18-,27-24-,28-25-,29-26-,39-36-,48-45-. The summed E-state index contributed by atoms with van der Waals surface area (Å²) >= 11 is 0. The van der Waals surface area contributed by atoms with Crippen LogP contribution in [0.1, 0.15) is 252 Å². The lowest BCUT2D eigenvalue weighted by Crippen LogP contribution is -2.30. The molecule has 0 radical (unpaired) electrons. The highest BCUT2D eigenvalue weighted by atomic mass is 16.6. The van der Waals surface area contributed by atoms with Gasteiger partial charge in [0.2, 0.25) is 0 Å². The van der Waals surface area contributed by atoms with Gasteiger partial charge in [-0.2, -0.15) is 0 Å². The summed E-state index contributed by atoms with van der Waals surface area (Å²) in [5, 5.41) is 0. The monoisotopic (exact) mass is 957 g/mol. The molecule has 0 rings (SSSR count). The molecule has 0 aliphatic carbocycles.